The van der Waals surface area contributed by atoms with Gasteiger partial charge in [-0.05, 0) is 60.2 Å². The van der Waals surface area contributed by atoms with Crippen molar-refractivity contribution in [1.29, 1.82) is 5.26 Å². The van der Waals surface area contributed by atoms with E-state index in [1.807, 2.05) is 6.07 Å². The number of nitrogens with zero attached hydrogens (tertiary/aromatic N) is 3. The lowest BCUT2D eigenvalue weighted by atomic mass is 9.93. The summed E-state index contributed by atoms with van der Waals surface area (Å²) in [5.41, 5.74) is -2.79. The number of nitriles is 1. The second kappa shape index (κ2) is 8.50. The summed E-state index contributed by atoms with van der Waals surface area (Å²) in [6.45, 7) is -1.16. The van der Waals surface area contributed by atoms with Crippen LogP contribution in [0.15, 0.2) is 71.3 Å². The van der Waals surface area contributed by atoms with E-state index in [4.69, 9.17) is 4.74 Å². The Bertz CT molecular complexity index is 1360. The highest BCUT2D eigenvalue weighted by Gasteiger charge is 2.56. The SMILES string of the molecule is N#Cc1cc(Br)ccc1OCC(O)(c1ccc2c(cnn2-c2ccc(F)cc2)c1)C(F)(F)F. The molecular weight excluding hydrogens is 506 g/mol. The zero-order valence-corrected chi connectivity index (χ0v) is 18.2. The van der Waals surface area contributed by atoms with E-state index in [1.165, 1.54) is 65.5 Å². The quantitative estimate of drug-likeness (QED) is 0.347. The number of aromatic nitrogens is 2. The average Bonchev–Trinajstić information content (AvgIpc) is 3.21. The van der Waals surface area contributed by atoms with Crippen molar-refractivity contribution in [3.05, 3.63) is 88.3 Å². The van der Waals surface area contributed by atoms with Crippen molar-refractivity contribution >= 4 is 26.8 Å². The highest BCUT2D eigenvalue weighted by molar-refractivity contribution is 9.10. The lowest BCUT2D eigenvalue weighted by molar-refractivity contribution is -0.275. The normalized spacial score (nSPS) is 13.5. The number of aliphatic hydroxyl groups is 1. The van der Waals surface area contributed by atoms with Crippen LogP contribution in [0, 0.1) is 17.1 Å². The molecule has 5 nitrogen and oxygen atoms in total. The van der Waals surface area contributed by atoms with Crippen molar-refractivity contribution in [2.45, 2.75) is 11.8 Å². The maximum atomic E-state index is 14.0. The molecule has 1 N–H and O–H groups in total. The van der Waals surface area contributed by atoms with Crippen LogP contribution in [0.1, 0.15) is 11.1 Å². The Morgan fingerprint density at radius 2 is 1.79 bits per heavy atom. The smallest absolute Gasteiger partial charge is 0.424 e. The summed E-state index contributed by atoms with van der Waals surface area (Å²) in [6, 6.07) is 15.3. The third kappa shape index (κ3) is 4.29. The Kier molecular flexibility index (Phi) is 5.86. The number of hydrogen-bond acceptors (Lipinski definition) is 4. The summed E-state index contributed by atoms with van der Waals surface area (Å²) in [7, 11) is 0. The van der Waals surface area contributed by atoms with E-state index in [0.717, 1.165) is 6.07 Å². The van der Waals surface area contributed by atoms with Gasteiger partial charge in [0.15, 0.2) is 0 Å². The first-order chi connectivity index (χ1) is 15.6. The van der Waals surface area contributed by atoms with Gasteiger partial charge in [0.1, 0.15) is 24.2 Å². The lowest BCUT2D eigenvalue weighted by Gasteiger charge is -2.31. The molecule has 1 heterocycles. The fraction of sp³-hybridized carbons (Fsp3) is 0.130. The molecule has 0 fully saturated rings. The van der Waals surface area contributed by atoms with Gasteiger partial charge < -0.3 is 9.84 Å². The van der Waals surface area contributed by atoms with E-state index in [0.29, 0.717) is 21.1 Å². The minimum absolute atomic E-state index is 0.0184. The van der Waals surface area contributed by atoms with Gasteiger partial charge in [0.2, 0.25) is 5.60 Å². The molecule has 0 spiro atoms. The predicted molar refractivity (Wildman–Crippen MR) is 115 cm³/mol. The van der Waals surface area contributed by atoms with Crippen LogP contribution < -0.4 is 4.74 Å². The highest BCUT2D eigenvalue weighted by atomic mass is 79.9. The van der Waals surface area contributed by atoms with Crippen molar-refractivity contribution in [2.75, 3.05) is 6.61 Å². The molecule has 0 radical (unpaired) electrons. The highest BCUT2D eigenvalue weighted by Crippen LogP contribution is 2.41. The monoisotopic (exact) mass is 519 g/mol. The van der Waals surface area contributed by atoms with Crippen LogP contribution >= 0.6 is 15.9 Å². The summed E-state index contributed by atoms with van der Waals surface area (Å²) >= 11 is 3.18. The Morgan fingerprint density at radius 1 is 1.06 bits per heavy atom. The zero-order chi connectivity index (χ0) is 23.8. The summed E-state index contributed by atoms with van der Waals surface area (Å²) in [6.07, 6.45) is -3.72. The summed E-state index contributed by atoms with van der Waals surface area (Å²) in [5.74, 6) is -0.522. The fourth-order valence-corrected chi connectivity index (χ4v) is 3.67. The van der Waals surface area contributed by atoms with Gasteiger partial charge >= 0.3 is 6.18 Å². The third-order valence-corrected chi connectivity index (χ3v) is 5.58. The summed E-state index contributed by atoms with van der Waals surface area (Å²) in [5, 5.41) is 24.4. The number of hydrogen-bond donors (Lipinski definition) is 1. The van der Waals surface area contributed by atoms with Crippen LogP contribution in [0.4, 0.5) is 17.6 Å². The molecule has 1 unspecified atom stereocenters. The predicted octanol–water partition coefficient (Wildman–Crippen LogP) is 5.63. The maximum Gasteiger partial charge on any atom is 0.424 e. The third-order valence-electron chi connectivity index (χ3n) is 5.08. The molecule has 4 rings (SSSR count). The molecule has 1 aromatic heterocycles. The maximum absolute atomic E-state index is 14.0. The zero-order valence-electron chi connectivity index (χ0n) is 16.6. The molecule has 0 aliphatic carbocycles. The van der Waals surface area contributed by atoms with Crippen LogP contribution in [-0.4, -0.2) is 27.7 Å². The molecule has 168 valence electrons. The van der Waals surface area contributed by atoms with E-state index < -0.39 is 29.8 Å². The molecule has 0 amide bonds. The van der Waals surface area contributed by atoms with Gasteiger partial charge in [0, 0.05) is 9.86 Å². The Balaban J connectivity index is 1.71. The van der Waals surface area contributed by atoms with Gasteiger partial charge in [-0.25, -0.2) is 9.07 Å². The largest absolute Gasteiger partial charge is 0.488 e. The molecule has 33 heavy (non-hydrogen) atoms. The summed E-state index contributed by atoms with van der Waals surface area (Å²) in [4.78, 5) is 0. The van der Waals surface area contributed by atoms with Crippen molar-refractivity contribution < 1.29 is 27.4 Å². The van der Waals surface area contributed by atoms with E-state index in [2.05, 4.69) is 21.0 Å². The van der Waals surface area contributed by atoms with Crippen molar-refractivity contribution in [2.24, 2.45) is 0 Å². The number of benzene rings is 3. The number of ether oxygens (including phenoxy) is 1. The minimum Gasteiger partial charge on any atom is -0.488 e. The van der Waals surface area contributed by atoms with E-state index in [-0.39, 0.29) is 11.3 Å². The molecule has 10 heteroatoms. The molecule has 0 aliphatic rings. The van der Waals surface area contributed by atoms with Crippen LogP contribution in [-0.2, 0) is 5.60 Å². The van der Waals surface area contributed by atoms with Crippen molar-refractivity contribution in [3.8, 4) is 17.5 Å². The number of rotatable bonds is 5. The van der Waals surface area contributed by atoms with Crippen LogP contribution in [0.3, 0.4) is 0 Å². The first-order valence-corrected chi connectivity index (χ1v) is 10.3. The van der Waals surface area contributed by atoms with E-state index >= 15 is 0 Å². The van der Waals surface area contributed by atoms with E-state index in [1.54, 1.807) is 0 Å². The second-order valence-corrected chi connectivity index (χ2v) is 8.12. The fourth-order valence-electron chi connectivity index (χ4n) is 3.30. The molecule has 0 saturated carbocycles. The molecule has 0 aliphatic heterocycles. The van der Waals surface area contributed by atoms with Crippen molar-refractivity contribution in [1.82, 2.24) is 9.78 Å². The van der Waals surface area contributed by atoms with Gasteiger partial charge in [-0.3, -0.25) is 0 Å². The van der Waals surface area contributed by atoms with E-state index in [9.17, 15) is 27.9 Å². The Morgan fingerprint density at radius 3 is 2.45 bits per heavy atom. The first kappa shape index (κ1) is 22.8. The minimum atomic E-state index is -5.07. The lowest BCUT2D eigenvalue weighted by Crippen LogP contribution is -2.47. The van der Waals surface area contributed by atoms with Gasteiger partial charge in [0.25, 0.3) is 0 Å². The Labute approximate surface area is 193 Å². The second-order valence-electron chi connectivity index (χ2n) is 7.21. The molecule has 4 aromatic rings. The van der Waals surface area contributed by atoms with Crippen LogP contribution in [0.25, 0.3) is 16.6 Å². The Hall–Kier alpha value is -3.42. The number of alkyl halides is 3. The topological polar surface area (TPSA) is 71.1 Å². The van der Waals surface area contributed by atoms with Crippen molar-refractivity contribution in [3.63, 3.8) is 0 Å². The van der Waals surface area contributed by atoms with Gasteiger partial charge in [-0.15, -0.1) is 0 Å². The average molecular weight is 520 g/mol. The van der Waals surface area contributed by atoms with Gasteiger partial charge in [-0.2, -0.15) is 23.5 Å². The molecule has 0 bridgehead atoms. The summed E-state index contributed by atoms with van der Waals surface area (Å²) < 4.78 is 62.4. The molecule has 0 saturated heterocycles. The van der Waals surface area contributed by atoms with Crippen LogP contribution in [0.5, 0.6) is 5.75 Å². The van der Waals surface area contributed by atoms with Gasteiger partial charge in [0.05, 0.1) is 23.0 Å². The molecule has 1 atom stereocenters. The number of halogens is 5. The van der Waals surface area contributed by atoms with Gasteiger partial charge in [-0.1, -0.05) is 22.0 Å². The number of fused-ring (bicyclic) bond motifs is 1. The molecule has 3 aromatic carbocycles. The standard InChI is InChI=1S/C23H14BrF4N3O2/c24-17-2-8-21(14(10-17)11-29)33-13-22(32,23(26,27)28)16-1-7-20-15(9-16)12-30-31(20)19-5-3-18(25)4-6-19/h1-10,12,32H,13H2. The first-order valence-electron chi connectivity index (χ1n) is 9.48. The van der Waals surface area contributed by atoms with Crippen LogP contribution in [0.2, 0.25) is 0 Å². The molecular formula is C23H14BrF4N3O2.